The zero-order valence-corrected chi connectivity index (χ0v) is 20.3. The molecule has 0 aliphatic carbocycles. The van der Waals surface area contributed by atoms with E-state index in [4.69, 9.17) is 24.5 Å². The van der Waals surface area contributed by atoms with E-state index >= 15 is 0 Å². The molecule has 1 fully saturated rings. The second-order valence-electron chi connectivity index (χ2n) is 8.55. The van der Waals surface area contributed by atoms with E-state index in [-0.39, 0.29) is 0 Å². The Kier molecular flexibility index (Phi) is 12.1. The van der Waals surface area contributed by atoms with Crippen molar-refractivity contribution in [2.45, 2.75) is 45.1 Å². The van der Waals surface area contributed by atoms with Crippen LogP contribution in [0.25, 0.3) is 0 Å². The minimum atomic E-state index is -1.82. The molecule has 1 aliphatic rings. The molecule has 0 bridgehead atoms. The number of carboxylic acid groups (broad SMARTS) is 2. The zero-order chi connectivity index (χ0) is 24.8. The van der Waals surface area contributed by atoms with Gasteiger partial charge >= 0.3 is 11.9 Å². The van der Waals surface area contributed by atoms with Crippen molar-refractivity contribution in [2.24, 2.45) is 5.92 Å². The Balaban J connectivity index is 0.000000604. The van der Waals surface area contributed by atoms with Crippen LogP contribution in [0.5, 0.6) is 0 Å². The fourth-order valence-corrected chi connectivity index (χ4v) is 4.33. The second-order valence-corrected chi connectivity index (χ2v) is 8.55. The van der Waals surface area contributed by atoms with Gasteiger partial charge in [0.25, 0.3) is 0 Å². The van der Waals surface area contributed by atoms with Gasteiger partial charge in [0.15, 0.2) is 0 Å². The lowest BCUT2D eigenvalue weighted by molar-refractivity contribution is -0.159. The number of aliphatic carboxylic acids is 2. The van der Waals surface area contributed by atoms with Crippen molar-refractivity contribution in [1.82, 2.24) is 4.90 Å². The normalized spacial score (nSPS) is 17.9. The summed E-state index contributed by atoms with van der Waals surface area (Å²) in [7, 11) is 1.89. The van der Waals surface area contributed by atoms with Crippen LogP contribution in [0.15, 0.2) is 60.7 Å². The Morgan fingerprint density at radius 1 is 0.971 bits per heavy atom. The highest BCUT2D eigenvalue weighted by Gasteiger charge is 2.29. The summed E-state index contributed by atoms with van der Waals surface area (Å²) in [6.07, 6.45) is 6.68. The van der Waals surface area contributed by atoms with E-state index in [0.717, 1.165) is 19.5 Å². The van der Waals surface area contributed by atoms with Crippen molar-refractivity contribution in [3.05, 3.63) is 60.7 Å². The van der Waals surface area contributed by atoms with Crippen molar-refractivity contribution in [2.75, 3.05) is 38.2 Å². The van der Waals surface area contributed by atoms with Crippen LogP contribution in [-0.4, -0.2) is 66.4 Å². The maximum Gasteiger partial charge on any atom is 0.414 e. The molecule has 0 aromatic heterocycles. The van der Waals surface area contributed by atoms with Gasteiger partial charge < -0.3 is 24.7 Å². The largest absolute Gasteiger partial charge is 0.473 e. The quantitative estimate of drug-likeness (QED) is 0.377. The summed E-state index contributed by atoms with van der Waals surface area (Å²) in [5.74, 6) is -3.02. The van der Waals surface area contributed by atoms with Crippen molar-refractivity contribution in [1.29, 1.82) is 0 Å². The topological polar surface area (TPSA) is 90.3 Å². The minimum Gasteiger partial charge on any atom is -0.473 e. The lowest BCUT2D eigenvalue weighted by atomic mass is 9.90. The molecule has 1 aliphatic heterocycles. The van der Waals surface area contributed by atoms with Crippen LogP contribution in [0.3, 0.4) is 0 Å². The molecule has 1 heterocycles. The molecular weight excluding hydrogens is 432 g/mol. The summed E-state index contributed by atoms with van der Waals surface area (Å²) in [6, 6.07) is 21.5. The van der Waals surface area contributed by atoms with Crippen molar-refractivity contribution < 1.29 is 24.5 Å². The average Bonchev–Trinajstić information content (AvgIpc) is 2.86. The number of para-hydroxylation sites is 2. The molecule has 2 aromatic carbocycles. The van der Waals surface area contributed by atoms with E-state index in [1.807, 2.05) is 7.11 Å². The number of rotatable bonds is 10. The molecular formula is C27H38N2O5. The molecule has 186 valence electrons. The Hall–Kier alpha value is -2.90. The summed E-state index contributed by atoms with van der Waals surface area (Å²) >= 11 is 0. The number of likely N-dealkylation sites (tertiary alicyclic amines) is 1. The highest BCUT2D eigenvalue weighted by molar-refractivity contribution is 6.27. The molecule has 2 atom stereocenters. The van der Waals surface area contributed by atoms with Gasteiger partial charge in [-0.3, -0.25) is 0 Å². The minimum absolute atomic E-state index is 0.351. The summed E-state index contributed by atoms with van der Waals surface area (Å²) in [5.41, 5.74) is 2.53. The molecule has 7 heteroatoms. The van der Waals surface area contributed by atoms with Gasteiger partial charge in [0.05, 0.1) is 6.10 Å². The summed E-state index contributed by atoms with van der Waals surface area (Å²) in [4.78, 5) is 23.2. The van der Waals surface area contributed by atoms with E-state index in [9.17, 15) is 0 Å². The molecule has 2 aromatic rings. The third kappa shape index (κ3) is 9.15. The lowest BCUT2D eigenvalue weighted by Gasteiger charge is -2.39. The zero-order valence-electron chi connectivity index (χ0n) is 20.3. The first-order valence-corrected chi connectivity index (χ1v) is 12.0. The number of unbranched alkanes of at least 4 members (excludes halogenated alkanes) is 2. The van der Waals surface area contributed by atoms with Crippen LogP contribution in [0.2, 0.25) is 0 Å². The number of anilines is 2. The maximum absolute atomic E-state index is 9.10. The number of piperidine rings is 1. The highest BCUT2D eigenvalue weighted by Crippen LogP contribution is 2.29. The number of nitrogens with zero attached hydrogens (tertiary/aromatic N) is 2. The van der Waals surface area contributed by atoms with Crippen molar-refractivity contribution >= 4 is 23.3 Å². The molecule has 1 saturated heterocycles. The standard InChI is InChI=1S/C25H36N2O.C2H2O4/c1-3-4-11-18-26-19-16-22(25(21-26)28-2)17-20-27(23-12-7-5-8-13-23)24-14-9-6-10-15-24;3-1(4)2(5)6/h5-10,12-15,22,25H,3-4,11,16-21H2,1-2H3;(H,3,4)(H,5,6)/t22-,25-;/m0./s1. The van der Waals surface area contributed by atoms with Gasteiger partial charge in [-0.15, -0.1) is 0 Å². The lowest BCUT2D eigenvalue weighted by Crippen LogP contribution is -2.45. The number of carbonyl (C=O) groups is 2. The van der Waals surface area contributed by atoms with Gasteiger partial charge in [-0.05, 0) is 62.5 Å². The summed E-state index contributed by atoms with van der Waals surface area (Å²) < 4.78 is 5.92. The van der Waals surface area contributed by atoms with Gasteiger partial charge in [-0.1, -0.05) is 56.2 Å². The molecule has 2 N–H and O–H groups in total. The number of benzene rings is 2. The predicted octanol–water partition coefficient (Wildman–Crippen LogP) is 4.90. The van der Waals surface area contributed by atoms with Crippen LogP contribution in [-0.2, 0) is 14.3 Å². The van der Waals surface area contributed by atoms with E-state index in [0.29, 0.717) is 12.0 Å². The molecule has 0 unspecified atom stereocenters. The van der Waals surface area contributed by atoms with Crippen molar-refractivity contribution in [3.8, 4) is 0 Å². The third-order valence-corrected chi connectivity index (χ3v) is 6.20. The van der Waals surface area contributed by atoms with E-state index in [1.54, 1.807) is 0 Å². The first kappa shape index (κ1) is 27.3. The Morgan fingerprint density at radius 3 is 2.00 bits per heavy atom. The number of hydrogen-bond donors (Lipinski definition) is 2. The van der Waals surface area contributed by atoms with Gasteiger partial charge in [0, 0.05) is 31.6 Å². The maximum atomic E-state index is 9.10. The number of carboxylic acids is 2. The number of methoxy groups -OCH3 is 1. The molecule has 0 amide bonds. The molecule has 0 spiro atoms. The van der Waals surface area contributed by atoms with E-state index in [2.05, 4.69) is 77.4 Å². The average molecular weight is 471 g/mol. The molecule has 0 radical (unpaired) electrons. The molecule has 7 nitrogen and oxygen atoms in total. The van der Waals surface area contributed by atoms with Crippen LogP contribution < -0.4 is 4.90 Å². The fraction of sp³-hybridized carbons (Fsp3) is 0.481. The van der Waals surface area contributed by atoms with Crippen LogP contribution in [0, 0.1) is 5.92 Å². The van der Waals surface area contributed by atoms with Crippen molar-refractivity contribution in [3.63, 3.8) is 0 Å². The Bertz CT molecular complexity index is 795. The van der Waals surface area contributed by atoms with Crippen LogP contribution >= 0.6 is 0 Å². The number of hydrogen-bond acceptors (Lipinski definition) is 5. The van der Waals surface area contributed by atoms with Gasteiger partial charge in [-0.25, -0.2) is 9.59 Å². The monoisotopic (exact) mass is 470 g/mol. The van der Waals surface area contributed by atoms with Crippen LogP contribution in [0.1, 0.15) is 39.0 Å². The smallest absolute Gasteiger partial charge is 0.414 e. The first-order valence-electron chi connectivity index (χ1n) is 12.0. The SMILES string of the molecule is CCCCCN1CC[C@@H](CCN(c2ccccc2)c2ccccc2)[C@@H](OC)C1.O=C(O)C(=O)O. The molecule has 34 heavy (non-hydrogen) atoms. The van der Waals surface area contributed by atoms with Gasteiger partial charge in [0.2, 0.25) is 0 Å². The first-order chi connectivity index (χ1) is 16.5. The fourth-order valence-electron chi connectivity index (χ4n) is 4.33. The predicted molar refractivity (Wildman–Crippen MR) is 135 cm³/mol. The summed E-state index contributed by atoms with van der Waals surface area (Å²) in [5, 5.41) is 14.8. The number of ether oxygens (including phenoxy) is 1. The Labute approximate surface area is 203 Å². The highest BCUT2D eigenvalue weighted by atomic mass is 16.5. The summed E-state index contributed by atoms with van der Waals surface area (Å²) in [6.45, 7) is 6.82. The van der Waals surface area contributed by atoms with E-state index < -0.39 is 11.9 Å². The molecule has 3 rings (SSSR count). The van der Waals surface area contributed by atoms with Gasteiger partial charge in [0.1, 0.15) is 0 Å². The van der Waals surface area contributed by atoms with Crippen LogP contribution in [0.4, 0.5) is 11.4 Å². The third-order valence-electron chi connectivity index (χ3n) is 6.20. The van der Waals surface area contributed by atoms with E-state index in [1.165, 1.54) is 50.1 Å². The second kappa shape index (κ2) is 15.1. The molecule has 0 saturated carbocycles. The Morgan fingerprint density at radius 2 is 1.53 bits per heavy atom. The van der Waals surface area contributed by atoms with Gasteiger partial charge in [-0.2, -0.15) is 0 Å².